The Morgan fingerprint density at radius 2 is 1.78 bits per heavy atom. The number of fused-ring (bicyclic) bond motifs is 1. The van der Waals surface area contributed by atoms with Crippen LogP contribution in [-0.2, 0) is 9.53 Å². The number of carbonyl (C=O) groups excluding carboxylic acids is 2. The van der Waals surface area contributed by atoms with Gasteiger partial charge in [-0.05, 0) is 61.9 Å². The SMILES string of the molecule is COc1ccc(C)cc1NC(=O)COC(=O)c1ccc2c(c1)nc(C)n2-c1ccccc1. The molecule has 7 nitrogen and oxygen atoms in total. The van der Waals surface area contributed by atoms with E-state index >= 15 is 0 Å². The van der Waals surface area contributed by atoms with E-state index in [9.17, 15) is 9.59 Å². The highest BCUT2D eigenvalue weighted by Crippen LogP contribution is 2.25. The zero-order valence-corrected chi connectivity index (χ0v) is 18.1. The molecule has 0 aliphatic heterocycles. The second-order valence-corrected chi connectivity index (χ2v) is 7.36. The first-order valence-corrected chi connectivity index (χ1v) is 10.1. The number of anilines is 1. The number of aromatic nitrogens is 2. The van der Waals surface area contributed by atoms with Gasteiger partial charge < -0.3 is 14.8 Å². The fourth-order valence-electron chi connectivity index (χ4n) is 3.55. The van der Waals surface area contributed by atoms with Crippen LogP contribution >= 0.6 is 0 Å². The third-order valence-corrected chi connectivity index (χ3v) is 5.04. The molecule has 1 amide bonds. The third-order valence-electron chi connectivity index (χ3n) is 5.04. The number of benzene rings is 3. The van der Waals surface area contributed by atoms with Crippen molar-refractivity contribution in [2.24, 2.45) is 0 Å². The van der Waals surface area contributed by atoms with Gasteiger partial charge >= 0.3 is 5.97 Å². The second-order valence-electron chi connectivity index (χ2n) is 7.36. The molecule has 1 N–H and O–H groups in total. The number of methoxy groups -OCH3 is 1. The zero-order chi connectivity index (χ0) is 22.7. The Hall–Kier alpha value is -4.13. The Bertz CT molecular complexity index is 1300. The summed E-state index contributed by atoms with van der Waals surface area (Å²) >= 11 is 0. The van der Waals surface area contributed by atoms with Crippen molar-refractivity contribution in [3.05, 3.63) is 83.7 Å². The van der Waals surface area contributed by atoms with E-state index in [1.165, 1.54) is 7.11 Å². The molecular formula is C25H23N3O4. The zero-order valence-electron chi connectivity index (χ0n) is 18.1. The van der Waals surface area contributed by atoms with Crippen LogP contribution in [0, 0.1) is 13.8 Å². The lowest BCUT2D eigenvalue weighted by atomic mass is 10.2. The normalized spacial score (nSPS) is 10.7. The summed E-state index contributed by atoms with van der Waals surface area (Å²) in [5, 5.41) is 2.71. The van der Waals surface area contributed by atoms with Gasteiger partial charge in [0.25, 0.3) is 5.91 Å². The van der Waals surface area contributed by atoms with Crippen LogP contribution in [0.3, 0.4) is 0 Å². The number of ether oxygens (including phenoxy) is 2. The molecular weight excluding hydrogens is 406 g/mol. The number of aryl methyl sites for hydroxylation is 2. The highest BCUT2D eigenvalue weighted by Gasteiger charge is 2.15. The standard InChI is InChI=1S/C25H23N3O4/c1-16-9-12-23(31-3)21(13-16)27-24(29)15-32-25(30)18-10-11-22-20(14-18)26-17(2)28(22)19-7-5-4-6-8-19/h4-14H,15H2,1-3H3,(H,27,29). The minimum Gasteiger partial charge on any atom is -0.495 e. The molecule has 1 heterocycles. The lowest BCUT2D eigenvalue weighted by Crippen LogP contribution is -2.21. The molecule has 0 aliphatic carbocycles. The van der Waals surface area contributed by atoms with Gasteiger partial charge in [0.2, 0.25) is 0 Å². The van der Waals surface area contributed by atoms with Crippen LogP contribution in [-0.4, -0.2) is 35.1 Å². The number of para-hydroxylation sites is 1. The molecule has 0 fully saturated rings. The maximum atomic E-state index is 12.5. The smallest absolute Gasteiger partial charge is 0.338 e. The summed E-state index contributed by atoms with van der Waals surface area (Å²) in [5.41, 5.74) is 4.38. The van der Waals surface area contributed by atoms with Gasteiger partial charge in [-0.3, -0.25) is 9.36 Å². The maximum Gasteiger partial charge on any atom is 0.338 e. The van der Waals surface area contributed by atoms with E-state index in [2.05, 4.69) is 10.3 Å². The number of imidazole rings is 1. The number of carbonyl (C=O) groups is 2. The molecule has 0 spiro atoms. The first-order chi connectivity index (χ1) is 15.5. The Kier molecular flexibility index (Phi) is 5.89. The average molecular weight is 429 g/mol. The number of nitrogens with zero attached hydrogens (tertiary/aromatic N) is 2. The quantitative estimate of drug-likeness (QED) is 0.458. The number of hydrogen-bond donors (Lipinski definition) is 1. The molecule has 0 aliphatic rings. The molecule has 0 radical (unpaired) electrons. The van der Waals surface area contributed by atoms with Crippen LogP contribution in [0.4, 0.5) is 5.69 Å². The molecule has 0 atom stereocenters. The maximum absolute atomic E-state index is 12.5. The second kappa shape index (κ2) is 8.93. The largest absolute Gasteiger partial charge is 0.495 e. The summed E-state index contributed by atoms with van der Waals surface area (Å²) in [5.74, 6) is 0.297. The van der Waals surface area contributed by atoms with Crippen molar-refractivity contribution in [2.45, 2.75) is 13.8 Å². The molecule has 0 saturated heterocycles. The lowest BCUT2D eigenvalue weighted by Gasteiger charge is -2.11. The Labute approximate surface area is 185 Å². The van der Waals surface area contributed by atoms with Crippen LogP contribution in [0.5, 0.6) is 5.75 Å². The van der Waals surface area contributed by atoms with E-state index in [0.29, 0.717) is 22.5 Å². The van der Waals surface area contributed by atoms with Crippen molar-refractivity contribution in [2.75, 3.05) is 19.0 Å². The van der Waals surface area contributed by atoms with E-state index in [4.69, 9.17) is 9.47 Å². The molecule has 1 aromatic heterocycles. The minimum atomic E-state index is -0.592. The predicted octanol–water partition coefficient (Wildman–Crippen LogP) is 4.45. The van der Waals surface area contributed by atoms with Gasteiger partial charge in [0.05, 0.1) is 29.4 Å². The van der Waals surface area contributed by atoms with Crippen molar-refractivity contribution >= 4 is 28.6 Å². The van der Waals surface area contributed by atoms with Crippen LogP contribution in [0.2, 0.25) is 0 Å². The molecule has 0 unspecified atom stereocenters. The monoisotopic (exact) mass is 429 g/mol. The van der Waals surface area contributed by atoms with Gasteiger partial charge in [-0.15, -0.1) is 0 Å². The van der Waals surface area contributed by atoms with Crippen LogP contribution in [0.1, 0.15) is 21.7 Å². The van der Waals surface area contributed by atoms with Gasteiger partial charge in [-0.25, -0.2) is 9.78 Å². The molecule has 32 heavy (non-hydrogen) atoms. The number of nitrogens with one attached hydrogen (secondary N) is 1. The van der Waals surface area contributed by atoms with E-state index in [1.54, 1.807) is 24.3 Å². The van der Waals surface area contributed by atoms with Crippen molar-refractivity contribution in [3.8, 4) is 11.4 Å². The highest BCUT2D eigenvalue weighted by atomic mass is 16.5. The van der Waals surface area contributed by atoms with E-state index < -0.39 is 18.5 Å². The van der Waals surface area contributed by atoms with Crippen LogP contribution < -0.4 is 10.1 Å². The number of esters is 1. The topological polar surface area (TPSA) is 82.4 Å². The van der Waals surface area contributed by atoms with Gasteiger partial charge in [-0.1, -0.05) is 24.3 Å². The summed E-state index contributed by atoms with van der Waals surface area (Å²) in [6, 6.07) is 20.5. The first kappa shape index (κ1) is 21.1. The van der Waals surface area contributed by atoms with Gasteiger partial charge in [-0.2, -0.15) is 0 Å². The van der Waals surface area contributed by atoms with Gasteiger partial charge in [0.15, 0.2) is 6.61 Å². The lowest BCUT2D eigenvalue weighted by molar-refractivity contribution is -0.119. The van der Waals surface area contributed by atoms with E-state index in [0.717, 1.165) is 22.6 Å². The van der Waals surface area contributed by atoms with Crippen molar-refractivity contribution < 1.29 is 19.1 Å². The van der Waals surface area contributed by atoms with Gasteiger partial charge in [0.1, 0.15) is 11.6 Å². The summed E-state index contributed by atoms with van der Waals surface area (Å²) < 4.78 is 12.5. The van der Waals surface area contributed by atoms with Crippen molar-refractivity contribution in [3.63, 3.8) is 0 Å². The molecule has 4 aromatic rings. The van der Waals surface area contributed by atoms with Crippen LogP contribution in [0.25, 0.3) is 16.7 Å². The minimum absolute atomic E-state index is 0.330. The summed E-state index contributed by atoms with van der Waals surface area (Å²) in [7, 11) is 1.53. The summed E-state index contributed by atoms with van der Waals surface area (Å²) in [6.45, 7) is 3.41. The van der Waals surface area contributed by atoms with E-state index in [1.807, 2.05) is 60.9 Å². The molecule has 162 valence electrons. The number of amides is 1. The average Bonchev–Trinajstić information content (AvgIpc) is 3.13. The van der Waals surface area contributed by atoms with E-state index in [-0.39, 0.29) is 0 Å². The van der Waals surface area contributed by atoms with Gasteiger partial charge in [0, 0.05) is 5.69 Å². The Balaban J connectivity index is 1.46. The molecule has 4 rings (SSSR count). The number of rotatable bonds is 6. The molecule has 3 aromatic carbocycles. The molecule has 0 bridgehead atoms. The van der Waals surface area contributed by atoms with Crippen molar-refractivity contribution in [1.82, 2.24) is 9.55 Å². The highest BCUT2D eigenvalue weighted by molar-refractivity contribution is 5.98. The third kappa shape index (κ3) is 4.32. The summed E-state index contributed by atoms with van der Waals surface area (Å²) in [6.07, 6.45) is 0. The number of hydrogen-bond acceptors (Lipinski definition) is 5. The predicted molar refractivity (Wildman–Crippen MR) is 122 cm³/mol. The molecule has 7 heteroatoms. The summed E-state index contributed by atoms with van der Waals surface area (Å²) in [4.78, 5) is 29.4. The fraction of sp³-hybridized carbons (Fsp3) is 0.160. The van der Waals surface area contributed by atoms with Crippen molar-refractivity contribution in [1.29, 1.82) is 0 Å². The fourth-order valence-corrected chi connectivity index (χ4v) is 3.55. The Morgan fingerprint density at radius 3 is 2.53 bits per heavy atom. The Morgan fingerprint density at radius 1 is 1.00 bits per heavy atom. The van der Waals surface area contributed by atoms with Crippen LogP contribution in [0.15, 0.2) is 66.7 Å². The molecule has 0 saturated carbocycles. The first-order valence-electron chi connectivity index (χ1n) is 10.1.